The highest BCUT2D eigenvalue weighted by molar-refractivity contribution is 6.04. The third-order valence-corrected chi connectivity index (χ3v) is 3.99. The second-order valence-electron chi connectivity index (χ2n) is 5.97. The Morgan fingerprint density at radius 2 is 1.17 bits per heavy atom. The van der Waals surface area contributed by atoms with E-state index in [4.69, 9.17) is 0 Å². The maximum atomic E-state index is 12.5. The van der Waals surface area contributed by atoms with E-state index in [0.717, 1.165) is 0 Å². The van der Waals surface area contributed by atoms with E-state index in [0.29, 0.717) is 22.8 Å². The van der Waals surface area contributed by atoms with E-state index in [1.54, 1.807) is 60.9 Å². The number of carbonyl (C=O) groups excluding carboxylic acids is 1. The van der Waals surface area contributed by atoms with Gasteiger partial charge in [0.05, 0.1) is 28.5 Å². The molecule has 0 aliphatic rings. The summed E-state index contributed by atoms with van der Waals surface area (Å²) in [4.78, 5) is 33.1. The summed E-state index contributed by atoms with van der Waals surface area (Å²) in [7, 11) is 0. The summed E-state index contributed by atoms with van der Waals surface area (Å²) >= 11 is 0. The minimum absolute atomic E-state index is 0.0578. The Bertz CT molecular complexity index is 1180. The molecule has 0 fully saturated rings. The van der Waals surface area contributed by atoms with Crippen molar-refractivity contribution in [2.75, 3.05) is 0 Å². The molecule has 4 rings (SSSR count). The summed E-state index contributed by atoms with van der Waals surface area (Å²) in [6, 6.07) is 20.6. The summed E-state index contributed by atoms with van der Waals surface area (Å²) in [5.41, 5.74) is 2.41. The van der Waals surface area contributed by atoms with Gasteiger partial charge in [0.2, 0.25) is 0 Å². The average Bonchev–Trinajstić information content (AvgIpc) is 2.80. The highest BCUT2D eigenvalue weighted by Gasteiger charge is 2.09. The van der Waals surface area contributed by atoms with Crippen LogP contribution < -0.4 is 5.11 Å². The predicted octanol–water partition coefficient (Wildman–Crippen LogP) is 2.55. The first-order valence-corrected chi connectivity index (χ1v) is 8.78. The largest absolute Gasteiger partial charge is 0.857 e. The molecule has 0 bridgehead atoms. The van der Waals surface area contributed by atoms with Gasteiger partial charge in [-0.15, -0.1) is 0 Å². The van der Waals surface area contributed by atoms with Gasteiger partial charge < -0.3 is 5.11 Å². The molecule has 7 heteroatoms. The van der Waals surface area contributed by atoms with Crippen molar-refractivity contribution >= 4 is 11.8 Å². The summed E-state index contributed by atoms with van der Waals surface area (Å²) in [6.45, 7) is 0. The van der Waals surface area contributed by atoms with Crippen LogP contribution in [0, 0.1) is 0 Å². The number of nitrogens with zero attached hydrogens (tertiary/aromatic N) is 5. The molecule has 0 unspecified atom stereocenters. The van der Waals surface area contributed by atoms with Crippen LogP contribution in [0.1, 0.15) is 16.2 Å². The van der Waals surface area contributed by atoms with Crippen LogP contribution in [0.2, 0.25) is 0 Å². The normalized spacial score (nSPS) is 11.2. The Labute approximate surface area is 166 Å². The van der Waals surface area contributed by atoms with Crippen LogP contribution in [0.25, 0.3) is 22.8 Å². The zero-order chi connectivity index (χ0) is 20.1. The minimum Gasteiger partial charge on any atom is -0.857 e. The van der Waals surface area contributed by atoms with Gasteiger partial charge in [0.1, 0.15) is 5.69 Å². The van der Waals surface area contributed by atoms with E-state index in [1.165, 1.54) is 12.1 Å². The molecule has 0 radical (unpaired) electrons. The molecule has 29 heavy (non-hydrogen) atoms. The Morgan fingerprint density at radius 1 is 0.655 bits per heavy atom. The lowest BCUT2D eigenvalue weighted by Gasteiger charge is -2.10. The lowest BCUT2D eigenvalue weighted by molar-refractivity contribution is -0.213. The molecule has 0 saturated carbocycles. The Morgan fingerprint density at radius 3 is 1.72 bits per heavy atom. The van der Waals surface area contributed by atoms with Gasteiger partial charge in [-0.05, 0) is 48.5 Å². The van der Waals surface area contributed by atoms with Crippen molar-refractivity contribution in [2.45, 2.75) is 0 Å². The molecule has 0 aromatic carbocycles. The first-order valence-electron chi connectivity index (χ1n) is 8.78. The molecule has 7 nitrogen and oxygen atoms in total. The van der Waals surface area contributed by atoms with Crippen molar-refractivity contribution in [3.63, 3.8) is 0 Å². The fourth-order valence-electron chi connectivity index (χ4n) is 2.63. The van der Waals surface area contributed by atoms with Gasteiger partial charge in [-0.1, -0.05) is 24.3 Å². The standard InChI is InChI=1S/C22H15N5O2/c28-21(19-11-5-9-17(25-19)15-7-1-3-13-23-15)27-22(29)20-12-6-10-18(26-20)16-8-2-4-14-24-16/h1-14H,(H,27,28,29)/p-1. The van der Waals surface area contributed by atoms with Gasteiger partial charge >= 0.3 is 0 Å². The molecule has 1 amide bonds. The third-order valence-electron chi connectivity index (χ3n) is 3.99. The van der Waals surface area contributed by atoms with E-state index in [9.17, 15) is 9.90 Å². The number of hydrogen-bond acceptors (Lipinski definition) is 6. The van der Waals surface area contributed by atoms with Crippen LogP contribution in [0.4, 0.5) is 0 Å². The maximum Gasteiger partial charge on any atom is 0.295 e. The molecule has 0 N–H and O–H groups in total. The number of hydrogen-bond donors (Lipinski definition) is 0. The number of aromatic nitrogens is 4. The molecule has 0 aliphatic carbocycles. The van der Waals surface area contributed by atoms with E-state index in [-0.39, 0.29) is 11.4 Å². The fraction of sp³-hybridized carbons (Fsp3) is 0. The number of amides is 1. The molecule has 140 valence electrons. The Hall–Kier alpha value is -4.26. The number of rotatable bonds is 4. The molecule has 0 spiro atoms. The second kappa shape index (κ2) is 8.18. The monoisotopic (exact) mass is 380 g/mol. The second-order valence-corrected chi connectivity index (χ2v) is 5.97. The van der Waals surface area contributed by atoms with Crippen LogP contribution in [-0.4, -0.2) is 31.7 Å². The summed E-state index contributed by atoms with van der Waals surface area (Å²) in [5, 5.41) is 12.5. The van der Waals surface area contributed by atoms with Crippen molar-refractivity contribution in [3.05, 3.63) is 96.6 Å². The lowest BCUT2D eigenvalue weighted by atomic mass is 10.2. The smallest absolute Gasteiger partial charge is 0.295 e. The molecular weight excluding hydrogens is 366 g/mol. The number of carbonyl (C=O) groups is 1. The van der Waals surface area contributed by atoms with E-state index in [1.807, 2.05) is 12.1 Å². The fourth-order valence-corrected chi connectivity index (χ4v) is 2.63. The van der Waals surface area contributed by atoms with E-state index in [2.05, 4.69) is 24.9 Å². The van der Waals surface area contributed by atoms with Crippen molar-refractivity contribution in [3.8, 4) is 22.8 Å². The molecule has 4 aromatic heterocycles. The van der Waals surface area contributed by atoms with E-state index < -0.39 is 11.8 Å². The van der Waals surface area contributed by atoms with E-state index >= 15 is 0 Å². The van der Waals surface area contributed by atoms with Gasteiger partial charge in [-0.3, -0.25) is 14.8 Å². The topological polar surface area (TPSA) is 104 Å². The van der Waals surface area contributed by atoms with Crippen LogP contribution in [-0.2, 0) is 0 Å². The SMILES string of the molecule is O=C(N=C([O-])c1cccc(-c2ccccn2)n1)c1cccc(-c2ccccn2)n1. The van der Waals surface area contributed by atoms with Crippen LogP contribution in [0.15, 0.2) is 90.2 Å². The number of pyridine rings is 4. The number of aliphatic imine (C=N–C) groups is 1. The third kappa shape index (κ3) is 4.19. The van der Waals surface area contributed by atoms with Crippen molar-refractivity contribution < 1.29 is 9.90 Å². The van der Waals surface area contributed by atoms with Crippen LogP contribution >= 0.6 is 0 Å². The zero-order valence-electron chi connectivity index (χ0n) is 15.1. The lowest BCUT2D eigenvalue weighted by Crippen LogP contribution is -2.22. The van der Waals surface area contributed by atoms with Gasteiger partial charge in [0, 0.05) is 18.3 Å². The van der Waals surface area contributed by atoms with Crippen LogP contribution in [0.3, 0.4) is 0 Å². The van der Waals surface area contributed by atoms with Gasteiger partial charge in [-0.25, -0.2) is 15.0 Å². The quantitative estimate of drug-likeness (QED) is 0.398. The highest BCUT2D eigenvalue weighted by Crippen LogP contribution is 2.15. The van der Waals surface area contributed by atoms with Crippen molar-refractivity contribution in [1.29, 1.82) is 0 Å². The minimum atomic E-state index is -0.738. The molecule has 0 aliphatic heterocycles. The Kier molecular flexibility index (Phi) is 5.11. The first-order chi connectivity index (χ1) is 14.2. The molecular formula is C22H14N5O2-. The summed E-state index contributed by atoms with van der Waals surface area (Å²) in [5.74, 6) is -1.48. The predicted molar refractivity (Wildman–Crippen MR) is 106 cm³/mol. The van der Waals surface area contributed by atoms with Gasteiger partial charge in [0.15, 0.2) is 0 Å². The summed E-state index contributed by atoms with van der Waals surface area (Å²) in [6.07, 6.45) is 3.28. The maximum absolute atomic E-state index is 12.5. The molecule has 0 atom stereocenters. The van der Waals surface area contributed by atoms with Crippen molar-refractivity contribution in [2.24, 2.45) is 4.99 Å². The molecule has 4 aromatic rings. The van der Waals surface area contributed by atoms with Gasteiger partial charge in [0.25, 0.3) is 5.91 Å². The van der Waals surface area contributed by atoms with Crippen LogP contribution in [0.5, 0.6) is 0 Å². The average molecular weight is 380 g/mol. The Balaban J connectivity index is 1.61. The highest BCUT2D eigenvalue weighted by atomic mass is 16.3. The summed E-state index contributed by atoms with van der Waals surface area (Å²) < 4.78 is 0. The zero-order valence-corrected chi connectivity index (χ0v) is 15.1. The van der Waals surface area contributed by atoms with Crippen molar-refractivity contribution in [1.82, 2.24) is 19.9 Å². The molecule has 4 heterocycles. The molecule has 0 saturated heterocycles. The van der Waals surface area contributed by atoms with Gasteiger partial charge in [-0.2, -0.15) is 0 Å². The first kappa shape index (κ1) is 18.1.